The number of hydrogen-bond donors (Lipinski definition) is 0. The van der Waals surface area contributed by atoms with Crippen LogP contribution in [0.3, 0.4) is 0 Å². The zero-order valence-electron chi connectivity index (χ0n) is 18.7. The van der Waals surface area contributed by atoms with E-state index < -0.39 is 0 Å². The Morgan fingerprint density at radius 1 is 0.939 bits per heavy atom. The molecule has 0 saturated carbocycles. The van der Waals surface area contributed by atoms with Gasteiger partial charge in [-0.3, -0.25) is 4.79 Å². The zero-order valence-corrected chi connectivity index (χ0v) is 18.7. The van der Waals surface area contributed by atoms with Gasteiger partial charge in [0.05, 0.1) is 29.9 Å². The molecule has 0 unspecified atom stereocenters. The Labute approximate surface area is 193 Å². The Bertz CT molecular complexity index is 1250. The summed E-state index contributed by atoms with van der Waals surface area (Å²) in [5, 5.41) is 0. The molecule has 0 N–H and O–H groups in total. The average Bonchev–Trinajstić information content (AvgIpc) is 3.41. The lowest BCUT2D eigenvalue weighted by atomic mass is 10.1. The summed E-state index contributed by atoms with van der Waals surface area (Å²) in [5.41, 5.74) is 2.82. The van der Waals surface area contributed by atoms with Gasteiger partial charge in [0.15, 0.2) is 0 Å². The molecule has 1 aliphatic heterocycles. The van der Waals surface area contributed by atoms with Crippen LogP contribution >= 0.6 is 0 Å². The molecule has 1 atom stereocenters. The second-order valence-corrected chi connectivity index (χ2v) is 8.08. The van der Waals surface area contributed by atoms with Crippen LogP contribution in [0.1, 0.15) is 25.1 Å². The van der Waals surface area contributed by atoms with Gasteiger partial charge in [0, 0.05) is 18.9 Å². The van der Waals surface area contributed by atoms with Gasteiger partial charge in [-0.1, -0.05) is 42.5 Å². The number of hydrogen-bond acceptors (Lipinski definition) is 4. The van der Waals surface area contributed by atoms with Crippen molar-refractivity contribution < 1.29 is 14.3 Å². The van der Waals surface area contributed by atoms with Crippen molar-refractivity contribution in [3.63, 3.8) is 0 Å². The molecule has 4 aromatic rings. The lowest BCUT2D eigenvalue weighted by molar-refractivity contribution is -0.117. The van der Waals surface area contributed by atoms with Crippen LogP contribution in [0, 0.1) is 0 Å². The van der Waals surface area contributed by atoms with Crippen molar-refractivity contribution in [1.82, 2.24) is 9.55 Å². The summed E-state index contributed by atoms with van der Waals surface area (Å²) >= 11 is 0. The van der Waals surface area contributed by atoms with Crippen LogP contribution in [0.4, 0.5) is 5.69 Å². The normalized spacial score (nSPS) is 15.8. The van der Waals surface area contributed by atoms with Gasteiger partial charge in [0.25, 0.3) is 0 Å². The van der Waals surface area contributed by atoms with Gasteiger partial charge < -0.3 is 18.9 Å². The van der Waals surface area contributed by atoms with Gasteiger partial charge in [-0.25, -0.2) is 4.98 Å². The maximum atomic E-state index is 13.0. The van der Waals surface area contributed by atoms with Crippen molar-refractivity contribution in [2.24, 2.45) is 0 Å². The van der Waals surface area contributed by atoms with Crippen molar-refractivity contribution in [2.75, 3.05) is 24.7 Å². The summed E-state index contributed by atoms with van der Waals surface area (Å²) in [4.78, 5) is 19.8. The summed E-state index contributed by atoms with van der Waals surface area (Å²) in [5.74, 6) is 2.59. The summed E-state index contributed by atoms with van der Waals surface area (Å²) < 4.78 is 13.9. The number of carbonyl (C=O) groups excluding carboxylic acids is 1. The van der Waals surface area contributed by atoms with E-state index in [9.17, 15) is 4.79 Å². The quantitative estimate of drug-likeness (QED) is 0.385. The number of aromatic nitrogens is 2. The Kier molecular flexibility index (Phi) is 5.98. The molecule has 5 rings (SSSR count). The number of anilines is 1. The largest absolute Gasteiger partial charge is 0.492 e. The summed E-state index contributed by atoms with van der Waals surface area (Å²) in [7, 11) is 0. The highest BCUT2D eigenvalue weighted by molar-refractivity contribution is 5.97. The van der Waals surface area contributed by atoms with Crippen molar-refractivity contribution in [3.05, 3.63) is 84.7 Å². The van der Waals surface area contributed by atoms with Crippen LogP contribution in [-0.4, -0.2) is 35.2 Å². The number of amides is 1. The first kappa shape index (κ1) is 21.1. The molecule has 2 heterocycles. The minimum atomic E-state index is -0.00342. The highest BCUT2D eigenvalue weighted by Gasteiger charge is 2.36. The predicted octanol–water partition coefficient (Wildman–Crippen LogP) is 5.03. The Morgan fingerprint density at radius 3 is 2.55 bits per heavy atom. The minimum absolute atomic E-state index is 0.00342. The number of imidazole rings is 1. The average molecular weight is 442 g/mol. The fourth-order valence-corrected chi connectivity index (χ4v) is 4.48. The molecule has 1 aliphatic rings. The fourth-order valence-electron chi connectivity index (χ4n) is 4.48. The summed E-state index contributed by atoms with van der Waals surface area (Å²) in [6.07, 6.45) is 0.420. The topological polar surface area (TPSA) is 56.6 Å². The second kappa shape index (κ2) is 9.36. The highest BCUT2D eigenvalue weighted by atomic mass is 16.5. The Hall–Kier alpha value is -3.80. The molecule has 33 heavy (non-hydrogen) atoms. The summed E-state index contributed by atoms with van der Waals surface area (Å²) in [6, 6.07) is 25.7. The molecule has 0 aliphatic carbocycles. The number of ether oxygens (including phenoxy) is 2. The van der Waals surface area contributed by atoms with Crippen molar-refractivity contribution in [2.45, 2.75) is 25.8 Å². The van der Waals surface area contributed by atoms with Crippen LogP contribution in [0.2, 0.25) is 0 Å². The second-order valence-electron chi connectivity index (χ2n) is 8.08. The molecule has 0 bridgehead atoms. The number of benzene rings is 3. The monoisotopic (exact) mass is 441 g/mol. The van der Waals surface area contributed by atoms with Crippen LogP contribution in [0.25, 0.3) is 11.0 Å². The van der Waals surface area contributed by atoms with Crippen molar-refractivity contribution >= 4 is 22.6 Å². The first-order chi connectivity index (χ1) is 16.2. The van der Waals surface area contributed by atoms with Crippen LogP contribution in [0.15, 0.2) is 78.9 Å². The molecule has 1 fully saturated rings. The molecule has 1 aromatic heterocycles. The van der Waals surface area contributed by atoms with E-state index in [0.29, 0.717) is 32.7 Å². The molecule has 3 aromatic carbocycles. The van der Waals surface area contributed by atoms with Gasteiger partial charge in [-0.05, 0) is 43.3 Å². The Balaban J connectivity index is 1.41. The fraction of sp³-hybridized carbons (Fsp3) is 0.259. The number of carbonyl (C=O) groups is 1. The molecule has 6 heteroatoms. The number of para-hydroxylation sites is 5. The third-order valence-corrected chi connectivity index (χ3v) is 5.96. The van der Waals surface area contributed by atoms with E-state index in [1.165, 1.54) is 0 Å². The standard InChI is InChI=1S/C27H27N3O3/c1-2-32-25-15-9-8-14-24(25)30-19-20(18-26(30)31)27-28-22-12-6-7-13-23(22)29(27)16-17-33-21-10-4-3-5-11-21/h3-15,20H,2,16-19H2,1H3/t20-/m0/s1. The van der Waals surface area contributed by atoms with Crippen LogP contribution < -0.4 is 14.4 Å². The van der Waals surface area contributed by atoms with E-state index in [2.05, 4.69) is 10.6 Å². The van der Waals surface area contributed by atoms with E-state index >= 15 is 0 Å². The minimum Gasteiger partial charge on any atom is -0.492 e. The van der Waals surface area contributed by atoms with E-state index in [-0.39, 0.29) is 11.8 Å². The molecule has 0 radical (unpaired) electrons. The number of fused-ring (bicyclic) bond motifs is 1. The van der Waals surface area contributed by atoms with Crippen molar-refractivity contribution in [1.29, 1.82) is 0 Å². The third kappa shape index (κ3) is 4.29. The van der Waals surface area contributed by atoms with Gasteiger partial charge in [0.2, 0.25) is 5.91 Å². The van der Waals surface area contributed by atoms with E-state index in [4.69, 9.17) is 14.5 Å². The lowest BCUT2D eigenvalue weighted by Gasteiger charge is -2.20. The molecular weight excluding hydrogens is 414 g/mol. The first-order valence-corrected chi connectivity index (χ1v) is 11.4. The first-order valence-electron chi connectivity index (χ1n) is 11.4. The number of rotatable bonds is 8. The van der Waals surface area contributed by atoms with Crippen molar-refractivity contribution in [3.8, 4) is 11.5 Å². The van der Waals surface area contributed by atoms with Gasteiger partial charge >= 0.3 is 0 Å². The van der Waals surface area contributed by atoms with Crippen LogP contribution in [-0.2, 0) is 11.3 Å². The Morgan fingerprint density at radius 2 is 1.70 bits per heavy atom. The molecule has 1 saturated heterocycles. The highest BCUT2D eigenvalue weighted by Crippen LogP contribution is 2.37. The third-order valence-electron chi connectivity index (χ3n) is 5.96. The predicted molar refractivity (Wildman–Crippen MR) is 129 cm³/mol. The van der Waals surface area contributed by atoms with Gasteiger partial charge in [-0.15, -0.1) is 0 Å². The zero-order chi connectivity index (χ0) is 22.6. The molecule has 0 spiro atoms. The van der Waals surface area contributed by atoms with Crippen LogP contribution in [0.5, 0.6) is 11.5 Å². The number of nitrogens with zero attached hydrogens (tertiary/aromatic N) is 3. The summed E-state index contributed by atoms with van der Waals surface area (Å²) in [6.45, 7) is 4.26. The smallest absolute Gasteiger partial charge is 0.227 e. The molecule has 1 amide bonds. The molecule has 6 nitrogen and oxygen atoms in total. The van der Waals surface area contributed by atoms with E-state index in [1.54, 1.807) is 0 Å². The lowest BCUT2D eigenvalue weighted by Crippen LogP contribution is -2.25. The SMILES string of the molecule is CCOc1ccccc1N1C[C@@H](c2nc3ccccc3n2CCOc2ccccc2)CC1=O. The van der Waals surface area contributed by atoms with Gasteiger partial charge in [0.1, 0.15) is 23.9 Å². The van der Waals surface area contributed by atoms with Gasteiger partial charge in [-0.2, -0.15) is 0 Å². The maximum absolute atomic E-state index is 13.0. The van der Waals surface area contributed by atoms with E-state index in [1.807, 2.05) is 84.6 Å². The maximum Gasteiger partial charge on any atom is 0.227 e. The molecule has 168 valence electrons. The molecular formula is C27H27N3O3. The van der Waals surface area contributed by atoms with E-state index in [0.717, 1.165) is 34.0 Å².